The number of nitrogens with one attached hydrogen (secondary N) is 1. The molecule has 0 radical (unpaired) electrons. The molecule has 2 N–H and O–H groups in total. The molecule has 2 aliphatic heterocycles. The summed E-state index contributed by atoms with van der Waals surface area (Å²) >= 11 is 0. The molecule has 3 fully saturated rings. The second-order valence-corrected chi connectivity index (χ2v) is 12.4. The summed E-state index contributed by atoms with van der Waals surface area (Å²) in [6.07, 6.45) is 9.05. The summed E-state index contributed by atoms with van der Waals surface area (Å²) in [4.78, 5) is 11.6. The molecule has 1 saturated carbocycles. The van der Waals surface area contributed by atoms with Gasteiger partial charge in [0.2, 0.25) is 0 Å². The predicted octanol–water partition coefficient (Wildman–Crippen LogP) is 7.07. The molecule has 2 aromatic carbocycles. The maximum Gasteiger partial charge on any atom is 0.306 e. The third kappa shape index (κ3) is 3.85. The lowest BCUT2D eigenvalue weighted by Gasteiger charge is -2.45. The fraction of sp³-hybridized carbons (Fsp3) is 0.484. The van der Waals surface area contributed by atoms with Gasteiger partial charge in [-0.05, 0) is 98.2 Å². The van der Waals surface area contributed by atoms with Gasteiger partial charge in [0, 0.05) is 28.1 Å². The zero-order valence-corrected chi connectivity index (χ0v) is 21.9. The van der Waals surface area contributed by atoms with Crippen LogP contribution in [0.5, 0.6) is 0 Å². The number of carbonyl (C=O) groups is 1. The monoisotopic (exact) mass is 515 g/mol. The Hall–Kier alpha value is -3.19. The number of aromatic amines is 1. The molecule has 198 valence electrons. The Bertz CT molecular complexity index is 1520. The minimum absolute atomic E-state index is 0.0107. The molecule has 6 nitrogen and oxygen atoms in total. The number of ether oxygens (including phenoxy) is 1. The third-order valence-corrected chi connectivity index (χ3v) is 9.49. The van der Waals surface area contributed by atoms with E-state index in [2.05, 4.69) is 40.7 Å². The summed E-state index contributed by atoms with van der Waals surface area (Å²) < 4.78 is 22.6. The van der Waals surface area contributed by atoms with Gasteiger partial charge in [-0.15, -0.1) is 0 Å². The van der Waals surface area contributed by atoms with Crippen molar-refractivity contribution in [2.24, 2.45) is 11.3 Å². The van der Waals surface area contributed by atoms with Crippen LogP contribution in [0.4, 0.5) is 4.39 Å². The molecule has 2 aromatic heterocycles. The fourth-order valence-corrected chi connectivity index (χ4v) is 7.95. The second kappa shape index (κ2) is 8.67. The lowest BCUT2D eigenvalue weighted by molar-refractivity contribution is -0.150. The number of aliphatic carboxylic acids is 1. The Kier molecular flexibility index (Phi) is 5.45. The molecule has 3 aliphatic rings. The highest BCUT2D eigenvalue weighted by molar-refractivity contribution is 5.99. The Morgan fingerprint density at radius 3 is 2.61 bits per heavy atom. The highest BCUT2D eigenvalue weighted by atomic mass is 19.1. The van der Waals surface area contributed by atoms with Gasteiger partial charge in [-0.2, -0.15) is 5.10 Å². The number of hydrogen-bond donors (Lipinski definition) is 2. The van der Waals surface area contributed by atoms with E-state index >= 15 is 0 Å². The summed E-state index contributed by atoms with van der Waals surface area (Å²) in [5, 5.41) is 19.2. The van der Waals surface area contributed by atoms with E-state index in [1.54, 1.807) is 12.1 Å². The smallest absolute Gasteiger partial charge is 0.306 e. The highest BCUT2D eigenvalue weighted by Gasteiger charge is 2.46. The Morgan fingerprint density at radius 1 is 1.21 bits per heavy atom. The van der Waals surface area contributed by atoms with Crippen LogP contribution in [0.1, 0.15) is 81.9 Å². The Labute approximate surface area is 221 Å². The number of halogens is 1. The standard InChI is InChI=1S/C31H34FN3O3/c1-17(13-31(2)14-20(15-31)30(36)37)28-25-12-26-19(16-33-34-26)11-27(25)35(22-5-3-21(32)4-6-22)29(28)18-9-23-7-8-24(10-18)38-23/h3-6,11-12,16-18,20,23-24H,7-10,13-15H2,1-2H3,(H,33,34)(H,36,37)/t17-,18?,20?,23?,24?,31?/m0/s1. The number of H-pyrrole nitrogens is 1. The highest BCUT2D eigenvalue weighted by Crippen LogP contribution is 2.54. The molecular formula is C31H34FN3O3. The van der Waals surface area contributed by atoms with Crippen LogP contribution in [0, 0.1) is 17.2 Å². The summed E-state index contributed by atoms with van der Waals surface area (Å²) in [6.45, 7) is 4.54. The summed E-state index contributed by atoms with van der Waals surface area (Å²) in [6, 6.07) is 11.3. The molecule has 7 rings (SSSR count). The van der Waals surface area contributed by atoms with Gasteiger partial charge in [-0.1, -0.05) is 13.8 Å². The van der Waals surface area contributed by atoms with Crippen molar-refractivity contribution in [3.8, 4) is 5.69 Å². The van der Waals surface area contributed by atoms with Crippen molar-refractivity contribution in [3.05, 3.63) is 59.7 Å². The van der Waals surface area contributed by atoms with Crippen LogP contribution >= 0.6 is 0 Å². The van der Waals surface area contributed by atoms with Crippen molar-refractivity contribution in [2.75, 3.05) is 0 Å². The fourth-order valence-electron chi connectivity index (χ4n) is 7.95. The number of benzene rings is 2. The van der Waals surface area contributed by atoms with Gasteiger partial charge in [0.15, 0.2) is 0 Å². The van der Waals surface area contributed by atoms with E-state index in [0.29, 0.717) is 18.1 Å². The van der Waals surface area contributed by atoms with Gasteiger partial charge >= 0.3 is 5.97 Å². The van der Waals surface area contributed by atoms with Crippen LogP contribution in [0.3, 0.4) is 0 Å². The van der Waals surface area contributed by atoms with E-state index < -0.39 is 5.97 Å². The average Bonchev–Trinajstić information content (AvgIpc) is 3.56. The molecule has 38 heavy (non-hydrogen) atoms. The van der Waals surface area contributed by atoms with Crippen LogP contribution in [-0.4, -0.2) is 38.0 Å². The molecule has 3 atom stereocenters. The van der Waals surface area contributed by atoms with Crippen LogP contribution in [0.25, 0.3) is 27.5 Å². The number of carboxylic acid groups (broad SMARTS) is 1. The van der Waals surface area contributed by atoms with Crippen LogP contribution in [-0.2, 0) is 9.53 Å². The number of hydrogen-bond acceptors (Lipinski definition) is 3. The molecule has 4 aromatic rings. The lowest BCUT2D eigenvalue weighted by atomic mass is 9.59. The first-order valence-electron chi connectivity index (χ1n) is 13.9. The SMILES string of the molecule is C[C@@H](CC1(C)CC(C(=O)O)C1)c1c(C2CC3CCC(C2)O3)n(-c2ccc(F)cc2)c2cc3cn[nH]c3cc12. The second-order valence-electron chi connectivity index (χ2n) is 12.4. The minimum atomic E-state index is -0.678. The molecule has 4 heterocycles. The number of carboxylic acids is 1. The summed E-state index contributed by atoms with van der Waals surface area (Å²) in [5.41, 5.74) is 5.75. The van der Waals surface area contributed by atoms with E-state index in [4.69, 9.17) is 4.74 Å². The van der Waals surface area contributed by atoms with Crippen molar-refractivity contribution in [2.45, 2.75) is 82.8 Å². The quantitative estimate of drug-likeness (QED) is 0.288. The van der Waals surface area contributed by atoms with E-state index in [1.807, 2.05) is 18.3 Å². The first kappa shape index (κ1) is 23.9. The third-order valence-electron chi connectivity index (χ3n) is 9.49. The minimum Gasteiger partial charge on any atom is -0.481 e. The molecule has 0 amide bonds. The molecule has 2 saturated heterocycles. The first-order valence-corrected chi connectivity index (χ1v) is 13.9. The van der Waals surface area contributed by atoms with Crippen LogP contribution < -0.4 is 0 Å². The number of fused-ring (bicyclic) bond motifs is 4. The number of nitrogens with zero attached hydrogens (tertiary/aromatic N) is 2. The first-order chi connectivity index (χ1) is 18.3. The van der Waals surface area contributed by atoms with Crippen LogP contribution in [0.2, 0.25) is 0 Å². The van der Waals surface area contributed by atoms with Gasteiger partial charge in [0.1, 0.15) is 5.82 Å². The van der Waals surface area contributed by atoms with Crippen molar-refractivity contribution < 1.29 is 19.0 Å². The van der Waals surface area contributed by atoms with Gasteiger partial charge < -0.3 is 14.4 Å². The summed E-state index contributed by atoms with van der Waals surface area (Å²) in [5.74, 6) is -0.581. The summed E-state index contributed by atoms with van der Waals surface area (Å²) in [7, 11) is 0. The Morgan fingerprint density at radius 2 is 1.92 bits per heavy atom. The maximum atomic E-state index is 14.0. The predicted molar refractivity (Wildman–Crippen MR) is 144 cm³/mol. The van der Waals surface area contributed by atoms with Crippen molar-refractivity contribution in [1.82, 2.24) is 14.8 Å². The lowest BCUT2D eigenvalue weighted by Crippen LogP contribution is -2.39. The van der Waals surface area contributed by atoms with Crippen LogP contribution in [0.15, 0.2) is 42.6 Å². The zero-order chi connectivity index (χ0) is 26.2. The molecule has 7 heteroatoms. The van der Waals surface area contributed by atoms with Gasteiger partial charge in [0.05, 0.1) is 35.4 Å². The van der Waals surface area contributed by atoms with Crippen molar-refractivity contribution in [1.29, 1.82) is 0 Å². The normalized spacial score (nSPS) is 29.6. The molecule has 0 spiro atoms. The molecule has 2 unspecified atom stereocenters. The maximum absolute atomic E-state index is 14.0. The molecule has 1 aliphatic carbocycles. The van der Waals surface area contributed by atoms with Crippen molar-refractivity contribution >= 4 is 27.8 Å². The number of rotatable bonds is 6. The van der Waals surface area contributed by atoms with E-state index in [-0.39, 0.29) is 23.1 Å². The Balaban J connectivity index is 1.43. The van der Waals surface area contributed by atoms with E-state index in [1.165, 1.54) is 16.6 Å². The largest absolute Gasteiger partial charge is 0.481 e. The van der Waals surface area contributed by atoms with Gasteiger partial charge in [0.25, 0.3) is 0 Å². The average molecular weight is 516 g/mol. The molecule has 2 bridgehead atoms. The topological polar surface area (TPSA) is 80.1 Å². The van der Waals surface area contributed by atoms with E-state index in [9.17, 15) is 14.3 Å². The van der Waals surface area contributed by atoms with Gasteiger partial charge in [-0.25, -0.2) is 4.39 Å². The molecular weight excluding hydrogens is 481 g/mol. The van der Waals surface area contributed by atoms with E-state index in [0.717, 1.165) is 67.1 Å². The number of aromatic nitrogens is 3. The van der Waals surface area contributed by atoms with Gasteiger partial charge in [-0.3, -0.25) is 9.89 Å². The van der Waals surface area contributed by atoms with Crippen molar-refractivity contribution in [3.63, 3.8) is 0 Å². The zero-order valence-electron chi connectivity index (χ0n) is 21.9.